The number of aliphatic hydroxyl groups is 1. The van der Waals surface area contributed by atoms with E-state index in [1.54, 1.807) is 0 Å². The van der Waals surface area contributed by atoms with Gasteiger partial charge in [0.2, 0.25) is 0 Å². The minimum absolute atomic E-state index is 0.229. The maximum absolute atomic E-state index is 11.7. The molecule has 0 heterocycles. The zero-order chi connectivity index (χ0) is 13.9. The topological polar surface area (TPSA) is 113 Å². The fraction of sp³-hybridized carbons (Fsp3) is 0.273. The molecule has 0 aliphatic carbocycles. The lowest BCUT2D eigenvalue weighted by atomic mass is 10.1. The van der Waals surface area contributed by atoms with E-state index in [9.17, 15) is 14.7 Å². The second kappa shape index (κ2) is 5.24. The second-order valence-corrected chi connectivity index (χ2v) is 4.41. The summed E-state index contributed by atoms with van der Waals surface area (Å²) in [5, 5.41) is 20.6. The first-order chi connectivity index (χ1) is 8.24. The fourth-order valence-electron chi connectivity index (χ4n) is 1.10. The van der Waals surface area contributed by atoms with Gasteiger partial charge in [0.1, 0.15) is 0 Å². The largest absolute Gasteiger partial charge is 0.479 e. The molecule has 0 saturated carbocycles. The fourth-order valence-corrected chi connectivity index (χ4v) is 1.28. The lowest BCUT2D eigenvalue weighted by molar-refractivity contribution is -0.155. The molecule has 98 valence electrons. The molecule has 1 rings (SSSR count). The Kier molecular flexibility index (Phi) is 4.15. The molecule has 0 aromatic heterocycles. The third kappa shape index (κ3) is 3.35. The number of rotatable bonds is 4. The van der Waals surface area contributed by atoms with Crippen molar-refractivity contribution in [3.8, 4) is 0 Å². The first kappa shape index (κ1) is 14.3. The molecule has 6 nitrogen and oxygen atoms in total. The van der Waals surface area contributed by atoms with Crippen molar-refractivity contribution in [2.75, 3.05) is 12.3 Å². The van der Waals surface area contributed by atoms with Gasteiger partial charge >= 0.3 is 5.97 Å². The number of carbonyl (C=O) groups excluding carboxylic acids is 1. The number of carbonyl (C=O) groups is 2. The van der Waals surface area contributed by atoms with Crippen molar-refractivity contribution in [1.29, 1.82) is 0 Å². The van der Waals surface area contributed by atoms with Gasteiger partial charge in [-0.25, -0.2) is 4.79 Å². The van der Waals surface area contributed by atoms with Crippen LogP contribution in [-0.4, -0.2) is 34.2 Å². The van der Waals surface area contributed by atoms with Crippen LogP contribution >= 0.6 is 11.6 Å². The van der Waals surface area contributed by atoms with Gasteiger partial charge in [-0.15, -0.1) is 0 Å². The predicted molar refractivity (Wildman–Crippen MR) is 66.5 cm³/mol. The minimum atomic E-state index is -2.02. The standard InChI is InChI=1S/C11H13ClN2O4/c1-11(18,10(16)17)5-14-9(15)6-2-3-8(13)7(12)4-6/h2-4,18H,5,13H2,1H3,(H,14,15)(H,16,17). The molecule has 0 aliphatic heterocycles. The summed E-state index contributed by atoms with van der Waals surface area (Å²) in [4.78, 5) is 22.3. The van der Waals surface area contributed by atoms with Crippen LogP contribution in [0.2, 0.25) is 5.02 Å². The summed E-state index contributed by atoms with van der Waals surface area (Å²) in [5.41, 5.74) is 4.04. The van der Waals surface area contributed by atoms with Crippen LogP contribution in [0.3, 0.4) is 0 Å². The lowest BCUT2D eigenvalue weighted by Crippen LogP contribution is -2.46. The Morgan fingerprint density at radius 3 is 2.61 bits per heavy atom. The van der Waals surface area contributed by atoms with Crippen molar-refractivity contribution >= 4 is 29.2 Å². The zero-order valence-electron chi connectivity index (χ0n) is 9.61. The molecule has 1 aromatic rings. The summed E-state index contributed by atoms with van der Waals surface area (Å²) in [6.07, 6.45) is 0. The van der Waals surface area contributed by atoms with Crippen LogP contribution < -0.4 is 11.1 Å². The van der Waals surface area contributed by atoms with Gasteiger partial charge in [0, 0.05) is 5.56 Å². The maximum Gasteiger partial charge on any atom is 0.337 e. The quantitative estimate of drug-likeness (QED) is 0.596. The number of nitrogens with one attached hydrogen (secondary N) is 1. The number of carboxylic acids is 1. The summed E-state index contributed by atoms with van der Waals surface area (Å²) in [6, 6.07) is 4.28. The van der Waals surface area contributed by atoms with E-state index in [4.69, 9.17) is 22.4 Å². The monoisotopic (exact) mass is 272 g/mol. The average Bonchev–Trinajstić information content (AvgIpc) is 2.29. The molecule has 1 unspecified atom stereocenters. The molecule has 1 atom stereocenters. The van der Waals surface area contributed by atoms with Gasteiger partial charge in [-0.1, -0.05) is 11.6 Å². The van der Waals surface area contributed by atoms with E-state index in [-0.39, 0.29) is 10.6 Å². The molecule has 1 aromatic carbocycles. The van der Waals surface area contributed by atoms with Crippen LogP contribution in [0.25, 0.3) is 0 Å². The van der Waals surface area contributed by atoms with Gasteiger partial charge in [0.25, 0.3) is 5.91 Å². The molecule has 7 heteroatoms. The van der Waals surface area contributed by atoms with Crippen molar-refractivity contribution in [3.05, 3.63) is 28.8 Å². The van der Waals surface area contributed by atoms with E-state index in [1.807, 2.05) is 0 Å². The zero-order valence-corrected chi connectivity index (χ0v) is 10.4. The molecule has 0 aliphatic rings. The van der Waals surface area contributed by atoms with Gasteiger partial charge in [-0.05, 0) is 25.1 Å². The molecule has 18 heavy (non-hydrogen) atoms. The van der Waals surface area contributed by atoms with Gasteiger partial charge in [0.05, 0.1) is 17.3 Å². The number of nitrogens with two attached hydrogens (primary N) is 1. The molecular formula is C11H13ClN2O4. The SMILES string of the molecule is CC(O)(CNC(=O)c1ccc(N)c(Cl)c1)C(=O)O. The van der Waals surface area contributed by atoms with Crippen LogP contribution in [0.15, 0.2) is 18.2 Å². The molecule has 1 amide bonds. The summed E-state index contributed by atoms with van der Waals surface area (Å²) in [5.74, 6) is -1.96. The normalized spacial score (nSPS) is 13.7. The number of halogens is 1. The highest BCUT2D eigenvalue weighted by molar-refractivity contribution is 6.33. The number of amides is 1. The smallest absolute Gasteiger partial charge is 0.337 e. The third-order valence-corrected chi connectivity index (χ3v) is 2.64. The lowest BCUT2D eigenvalue weighted by Gasteiger charge is -2.18. The van der Waals surface area contributed by atoms with Crippen LogP contribution in [0.4, 0.5) is 5.69 Å². The van der Waals surface area contributed by atoms with E-state index in [2.05, 4.69) is 5.32 Å². The number of aliphatic carboxylic acids is 1. The van der Waals surface area contributed by atoms with Crippen molar-refractivity contribution < 1.29 is 19.8 Å². The van der Waals surface area contributed by atoms with Gasteiger partial charge in [-0.3, -0.25) is 4.79 Å². The van der Waals surface area contributed by atoms with Crippen LogP contribution in [0.5, 0.6) is 0 Å². The van der Waals surface area contributed by atoms with Gasteiger partial charge in [-0.2, -0.15) is 0 Å². The maximum atomic E-state index is 11.7. The highest BCUT2D eigenvalue weighted by Crippen LogP contribution is 2.19. The Balaban J connectivity index is 2.72. The van der Waals surface area contributed by atoms with E-state index in [0.717, 1.165) is 6.92 Å². The van der Waals surface area contributed by atoms with Gasteiger partial charge < -0.3 is 21.3 Å². The molecular weight excluding hydrogens is 260 g/mol. The third-order valence-electron chi connectivity index (χ3n) is 2.32. The summed E-state index contributed by atoms with van der Waals surface area (Å²) >= 11 is 5.75. The molecule has 0 spiro atoms. The summed E-state index contributed by atoms with van der Waals surface area (Å²) < 4.78 is 0. The number of benzene rings is 1. The Bertz CT molecular complexity index is 488. The summed E-state index contributed by atoms with van der Waals surface area (Å²) in [7, 11) is 0. The number of carboxylic acid groups (broad SMARTS) is 1. The van der Waals surface area contributed by atoms with Crippen molar-refractivity contribution in [1.82, 2.24) is 5.32 Å². The van der Waals surface area contributed by atoms with E-state index < -0.39 is 24.0 Å². The first-order valence-corrected chi connectivity index (χ1v) is 5.41. The number of hydrogen-bond acceptors (Lipinski definition) is 4. The highest BCUT2D eigenvalue weighted by Gasteiger charge is 2.30. The van der Waals surface area contributed by atoms with Crippen LogP contribution in [0.1, 0.15) is 17.3 Å². The molecule has 0 fully saturated rings. The molecule has 0 radical (unpaired) electrons. The van der Waals surface area contributed by atoms with E-state index in [0.29, 0.717) is 5.69 Å². The van der Waals surface area contributed by atoms with E-state index >= 15 is 0 Å². The predicted octanol–water partition coefficient (Wildman–Crippen LogP) is 0.488. The number of anilines is 1. The van der Waals surface area contributed by atoms with Crippen LogP contribution in [-0.2, 0) is 4.79 Å². The molecule has 0 bridgehead atoms. The highest BCUT2D eigenvalue weighted by atomic mass is 35.5. The van der Waals surface area contributed by atoms with Crippen molar-refractivity contribution in [2.45, 2.75) is 12.5 Å². The summed E-state index contributed by atoms with van der Waals surface area (Å²) in [6.45, 7) is 0.675. The average molecular weight is 273 g/mol. The number of nitrogen functional groups attached to an aromatic ring is 1. The van der Waals surface area contributed by atoms with Crippen LogP contribution in [0, 0.1) is 0 Å². The molecule has 0 saturated heterocycles. The van der Waals surface area contributed by atoms with E-state index in [1.165, 1.54) is 18.2 Å². The minimum Gasteiger partial charge on any atom is -0.479 e. The molecule has 5 N–H and O–H groups in total. The Labute approximate surface area is 108 Å². The van der Waals surface area contributed by atoms with Gasteiger partial charge in [0.15, 0.2) is 5.60 Å². The Morgan fingerprint density at radius 2 is 2.11 bits per heavy atom. The Morgan fingerprint density at radius 1 is 1.50 bits per heavy atom. The van der Waals surface area contributed by atoms with Crippen molar-refractivity contribution in [2.24, 2.45) is 0 Å². The number of hydrogen-bond donors (Lipinski definition) is 4. The second-order valence-electron chi connectivity index (χ2n) is 4.00. The Hall–Kier alpha value is -1.79. The van der Waals surface area contributed by atoms with Crippen molar-refractivity contribution in [3.63, 3.8) is 0 Å². The first-order valence-electron chi connectivity index (χ1n) is 5.03.